The number of nitrogens with one attached hydrogen (secondary N) is 1. The largest absolute Gasteiger partial charge is 0.269 e. The van der Waals surface area contributed by atoms with Crippen LogP contribution in [-0.2, 0) is 0 Å². The fourth-order valence-corrected chi connectivity index (χ4v) is 2.80. The fraction of sp³-hybridized carbons (Fsp3) is 0. The van der Waals surface area contributed by atoms with Gasteiger partial charge < -0.3 is 0 Å². The molecule has 0 bridgehead atoms. The first-order chi connectivity index (χ1) is 14.0. The lowest BCUT2D eigenvalue weighted by molar-refractivity contribution is -0.385. The first-order valence-corrected chi connectivity index (χ1v) is 8.53. The van der Waals surface area contributed by atoms with Crippen LogP contribution in [0.3, 0.4) is 0 Å². The number of anilines is 2. The van der Waals surface area contributed by atoms with Crippen LogP contribution in [0.4, 0.5) is 22.7 Å². The van der Waals surface area contributed by atoms with Gasteiger partial charge in [0.15, 0.2) is 5.84 Å². The van der Waals surface area contributed by atoms with Crippen LogP contribution in [0.5, 0.6) is 0 Å². The van der Waals surface area contributed by atoms with Gasteiger partial charge in [-0.25, -0.2) is 0 Å². The van der Waals surface area contributed by atoms with Crippen molar-refractivity contribution in [1.29, 1.82) is 0 Å². The highest BCUT2D eigenvalue weighted by Crippen LogP contribution is 2.28. The topological polar surface area (TPSA) is 117 Å². The van der Waals surface area contributed by atoms with E-state index in [1.807, 2.05) is 30.3 Å². The standard InChI is InChI=1S/C19H14N6O4/c26-24(27)17-10-6-15(7-11-17)22-20-19(14-4-2-1-3-5-14)21-23(22)16-8-12-18(13-9-16)25(28)29/h1-13H,(H,20,21). The van der Waals surface area contributed by atoms with Crippen LogP contribution < -0.4 is 15.7 Å². The van der Waals surface area contributed by atoms with Gasteiger partial charge in [-0.2, -0.15) is 10.2 Å². The van der Waals surface area contributed by atoms with Gasteiger partial charge in [-0.1, -0.05) is 30.3 Å². The van der Waals surface area contributed by atoms with Crippen molar-refractivity contribution in [3.63, 3.8) is 0 Å². The molecule has 0 fully saturated rings. The van der Waals surface area contributed by atoms with Gasteiger partial charge in [0.05, 0.1) is 21.2 Å². The maximum Gasteiger partial charge on any atom is 0.269 e. The highest BCUT2D eigenvalue weighted by Gasteiger charge is 2.27. The monoisotopic (exact) mass is 390 g/mol. The molecule has 1 aliphatic heterocycles. The van der Waals surface area contributed by atoms with Crippen LogP contribution in [0.1, 0.15) is 5.56 Å². The van der Waals surface area contributed by atoms with E-state index < -0.39 is 9.85 Å². The molecule has 1 N–H and O–H groups in total. The molecule has 0 unspecified atom stereocenters. The predicted octanol–water partition coefficient (Wildman–Crippen LogP) is 3.61. The van der Waals surface area contributed by atoms with Gasteiger partial charge in [0.25, 0.3) is 11.4 Å². The Morgan fingerprint density at radius 3 is 1.76 bits per heavy atom. The SMILES string of the molecule is O=[N+]([O-])c1ccc(N2N=C(c3ccccc3)NN2c2ccc([N+](=O)[O-])cc2)cc1. The molecule has 144 valence electrons. The summed E-state index contributed by atoms with van der Waals surface area (Å²) in [7, 11) is 0. The molecular weight excluding hydrogens is 376 g/mol. The molecule has 29 heavy (non-hydrogen) atoms. The third-order valence-electron chi connectivity index (χ3n) is 4.24. The van der Waals surface area contributed by atoms with E-state index in [4.69, 9.17) is 0 Å². The molecule has 0 saturated heterocycles. The summed E-state index contributed by atoms with van der Waals surface area (Å²) in [6, 6.07) is 21.3. The molecule has 0 saturated carbocycles. The zero-order chi connectivity index (χ0) is 20.4. The number of nitrogens with zero attached hydrogens (tertiary/aromatic N) is 5. The molecule has 3 aromatic carbocycles. The number of hydrogen-bond donors (Lipinski definition) is 1. The minimum Gasteiger partial charge on any atom is -0.259 e. The molecule has 0 aliphatic carbocycles. The summed E-state index contributed by atoms with van der Waals surface area (Å²) < 4.78 is 0. The number of rotatable bonds is 5. The Kier molecular flexibility index (Phi) is 4.49. The van der Waals surface area contributed by atoms with Crippen LogP contribution in [0.25, 0.3) is 0 Å². The van der Waals surface area contributed by atoms with E-state index in [2.05, 4.69) is 10.5 Å². The number of hydrazine groups is 2. The lowest BCUT2D eigenvalue weighted by Gasteiger charge is -2.27. The van der Waals surface area contributed by atoms with Crippen LogP contribution in [0.2, 0.25) is 0 Å². The molecule has 1 aliphatic rings. The van der Waals surface area contributed by atoms with Crippen molar-refractivity contribution >= 4 is 28.6 Å². The zero-order valence-corrected chi connectivity index (χ0v) is 14.9. The number of hydrogen-bond acceptors (Lipinski definition) is 8. The first kappa shape index (κ1) is 17.9. The third kappa shape index (κ3) is 3.54. The molecule has 0 aromatic heterocycles. The molecule has 4 rings (SSSR count). The molecule has 0 spiro atoms. The van der Waals surface area contributed by atoms with E-state index in [-0.39, 0.29) is 11.4 Å². The minimum atomic E-state index is -0.473. The molecular formula is C19H14N6O4. The van der Waals surface area contributed by atoms with Gasteiger partial charge in [0.1, 0.15) is 0 Å². The number of hydrazone groups is 1. The summed E-state index contributed by atoms with van der Waals surface area (Å²) in [6.45, 7) is 0. The van der Waals surface area contributed by atoms with E-state index >= 15 is 0 Å². The van der Waals surface area contributed by atoms with Gasteiger partial charge in [-0.15, -0.1) is 5.10 Å². The van der Waals surface area contributed by atoms with E-state index in [0.717, 1.165) is 5.56 Å². The Hall–Kier alpha value is -4.47. The first-order valence-electron chi connectivity index (χ1n) is 8.53. The molecule has 1 heterocycles. The summed E-state index contributed by atoms with van der Waals surface area (Å²) in [5, 5.41) is 29.6. The second kappa shape index (κ2) is 7.27. The van der Waals surface area contributed by atoms with Crippen molar-refractivity contribution in [1.82, 2.24) is 5.43 Å². The van der Waals surface area contributed by atoms with Crippen molar-refractivity contribution in [3.8, 4) is 0 Å². The van der Waals surface area contributed by atoms with Crippen LogP contribution in [-0.4, -0.2) is 15.7 Å². The fourth-order valence-electron chi connectivity index (χ4n) is 2.80. The van der Waals surface area contributed by atoms with Gasteiger partial charge in [-0.3, -0.25) is 25.7 Å². The van der Waals surface area contributed by atoms with Gasteiger partial charge >= 0.3 is 0 Å². The Morgan fingerprint density at radius 2 is 1.24 bits per heavy atom. The zero-order valence-electron chi connectivity index (χ0n) is 14.9. The number of benzene rings is 3. The van der Waals surface area contributed by atoms with Crippen molar-refractivity contribution in [2.45, 2.75) is 0 Å². The highest BCUT2D eigenvalue weighted by atomic mass is 16.6. The molecule has 3 aromatic rings. The van der Waals surface area contributed by atoms with Crippen molar-refractivity contribution < 1.29 is 9.85 Å². The normalized spacial score (nSPS) is 13.0. The van der Waals surface area contributed by atoms with Crippen molar-refractivity contribution in [2.24, 2.45) is 5.10 Å². The highest BCUT2D eigenvalue weighted by molar-refractivity contribution is 6.02. The Balaban J connectivity index is 1.72. The molecule has 0 amide bonds. The van der Waals surface area contributed by atoms with E-state index in [1.54, 1.807) is 29.4 Å². The molecule has 0 radical (unpaired) electrons. The predicted molar refractivity (Wildman–Crippen MR) is 107 cm³/mol. The summed E-state index contributed by atoms with van der Waals surface area (Å²) >= 11 is 0. The number of amidine groups is 1. The molecule has 10 nitrogen and oxygen atoms in total. The average Bonchev–Trinajstić information content (AvgIpc) is 3.20. The van der Waals surface area contributed by atoms with Crippen LogP contribution >= 0.6 is 0 Å². The third-order valence-corrected chi connectivity index (χ3v) is 4.24. The molecule has 0 atom stereocenters. The maximum atomic E-state index is 10.9. The number of nitro benzene ring substituents is 2. The summed E-state index contributed by atoms with van der Waals surface area (Å²) in [5.41, 5.74) is 5.12. The molecule has 10 heteroatoms. The average molecular weight is 390 g/mol. The maximum absolute atomic E-state index is 10.9. The minimum absolute atomic E-state index is 0.0287. The quantitative estimate of drug-likeness (QED) is 0.522. The smallest absolute Gasteiger partial charge is 0.259 e. The van der Waals surface area contributed by atoms with E-state index in [0.29, 0.717) is 17.2 Å². The van der Waals surface area contributed by atoms with Gasteiger partial charge in [-0.05, 0) is 24.3 Å². The van der Waals surface area contributed by atoms with Gasteiger partial charge in [0.2, 0.25) is 0 Å². The van der Waals surface area contributed by atoms with Crippen molar-refractivity contribution in [2.75, 3.05) is 10.2 Å². The van der Waals surface area contributed by atoms with E-state index in [9.17, 15) is 20.2 Å². The number of non-ortho nitro benzene ring substituents is 2. The van der Waals surface area contributed by atoms with Gasteiger partial charge in [0, 0.05) is 29.8 Å². The second-order valence-electron chi connectivity index (χ2n) is 6.07. The number of nitro groups is 2. The lowest BCUT2D eigenvalue weighted by atomic mass is 10.2. The van der Waals surface area contributed by atoms with Crippen molar-refractivity contribution in [3.05, 3.63) is 105 Å². The Bertz CT molecular complexity index is 1080. The van der Waals surface area contributed by atoms with Crippen LogP contribution in [0, 0.1) is 20.2 Å². The Labute approximate surface area is 164 Å². The van der Waals surface area contributed by atoms with Crippen LogP contribution in [0.15, 0.2) is 84.0 Å². The van der Waals surface area contributed by atoms with E-state index in [1.165, 1.54) is 29.4 Å². The summed E-state index contributed by atoms with van der Waals surface area (Å²) in [5.74, 6) is 0.558. The Morgan fingerprint density at radius 1 is 0.724 bits per heavy atom. The second-order valence-corrected chi connectivity index (χ2v) is 6.07. The lowest BCUT2D eigenvalue weighted by Crippen LogP contribution is -2.44. The summed E-state index contributed by atoms with van der Waals surface area (Å²) in [6.07, 6.45) is 0. The summed E-state index contributed by atoms with van der Waals surface area (Å²) in [4.78, 5) is 20.9.